The first kappa shape index (κ1) is 22.3. The molecule has 30 heavy (non-hydrogen) atoms. The van der Waals surface area contributed by atoms with Gasteiger partial charge < -0.3 is 14.2 Å². The summed E-state index contributed by atoms with van der Waals surface area (Å²) in [7, 11) is 0. The first-order chi connectivity index (χ1) is 14.4. The molecule has 2 atom stereocenters. The number of carbonyl (C=O) groups excluding carboxylic acids is 1. The molecule has 0 aromatic rings. The molecule has 4 saturated carbocycles. The van der Waals surface area contributed by atoms with E-state index < -0.39 is 0 Å². The average molecular weight is 419 g/mol. The van der Waals surface area contributed by atoms with Crippen molar-refractivity contribution in [3.8, 4) is 0 Å². The zero-order valence-electron chi connectivity index (χ0n) is 19.3. The molecule has 4 heteroatoms. The van der Waals surface area contributed by atoms with Crippen LogP contribution in [0.25, 0.3) is 0 Å². The highest BCUT2D eigenvalue weighted by molar-refractivity contribution is 5.87. The van der Waals surface area contributed by atoms with E-state index in [0.29, 0.717) is 22.8 Å². The molecule has 4 nitrogen and oxygen atoms in total. The minimum absolute atomic E-state index is 0.0445. The maximum atomic E-state index is 12.3. The molecule has 5 fully saturated rings. The van der Waals surface area contributed by atoms with Crippen molar-refractivity contribution >= 4 is 5.97 Å². The van der Waals surface area contributed by atoms with Crippen LogP contribution in [0.2, 0.25) is 0 Å². The minimum atomic E-state index is -0.291. The Hall–Kier alpha value is -0.870. The minimum Gasteiger partial charge on any atom is -0.456 e. The topological polar surface area (TPSA) is 44.8 Å². The van der Waals surface area contributed by atoms with Gasteiger partial charge in [0.25, 0.3) is 0 Å². The summed E-state index contributed by atoms with van der Waals surface area (Å²) >= 11 is 0. The van der Waals surface area contributed by atoms with E-state index >= 15 is 0 Å². The van der Waals surface area contributed by atoms with E-state index in [1.54, 1.807) is 6.92 Å². The Kier molecular flexibility index (Phi) is 6.65. The van der Waals surface area contributed by atoms with E-state index in [1.807, 2.05) is 0 Å². The maximum absolute atomic E-state index is 12.3. The van der Waals surface area contributed by atoms with Gasteiger partial charge in [-0.1, -0.05) is 39.2 Å². The van der Waals surface area contributed by atoms with Crippen molar-refractivity contribution in [3.63, 3.8) is 0 Å². The normalized spacial score (nSPS) is 35.8. The van der Waals surface area contributed by atoms with Crippen LogP contribution >= 0.6 is 0 Å². The monoisotopic (exact) mass is 418 g/mol. The number of unbranched alkanes of at least 4 members (excludes halogenated alkanes) is 4. The van der Waals surface area contributed by atoms with Gasteiger partial charge in [-0.25, -0.2) is 4.79 Å². The van der Waals surface area contributed by atoms with Gasteiger partial charge in [0, 0.05) is 24.0 Å². The largest absolute Gasteiger partial charge is 0.456 e. The molecule has 0 N–H and O–H groups in total. The van der Waals surface area contributed by atoms with E-state index in [9.17, 15) is 4.79 Å². The Morgan fingerprint density at radius 1 is 1.00 bits per heavy atom. The quantitative estimate of drug-likeness (QED) is 0.222. The third-order valence-electron chi connectivity index (χ3n) is 8.44. The van der Waals surface area contributed by atoms with E-state index in [-0.39, 0.29) is 17.2 Å². The predicted octanol–water partition coefficient (Wildman–Crippen LogP) is 5.98. The molecular formula is C26H42O4. The first-order valence-corrected chi connectivity index (χ1v) is 12.5. The van der Waals surface area contributed by atoms with Gasteiger partial charge in [-0.3, -0.25) is 0 Å². The molecule has 0 aromatic carbocycles. The lowest BCUT2D eigenvalue weighted by atomic mass is 9.52. The van der Waals surface area contributed by atoms with Crippen LogP contribution in [0.4, 0.5) is 0 Å². The second kappa shape index (κ2) is 8.94. The van der Waals surface area contributed by atoms with Crippen molar-refractivity contribution in [2.75, 3.05) is 19.8 Å². The van der Waals surface area contributed by atoms with Crippen LogP contribution in [0.3, 0.4) is 0 Å². The summed E-state index contributed by atoms with van der Waals surface area (Å²) in [5.74, 6) is 1.10. The van der Waals surface area contributed by atoms with Crippen LogP contribution < -0.4 is 0 Å². The number of rotatable bonds is 12. The van der Waals surface area contributed by atoms with Crippen LogP contribution in [0.1, 0.15) is 97.3 Å². The zero-order valence-corrected chi connectivity index (χ0v) is 19.3. The highest BCUT2D eigenvalue weighted by Gasteiger charge is 2.60. The standard InChI is InChI=1S/C26H42O4/c1-4-24(18-28-19-24)10-8-6-5-7-9-11-29-25-13-21-12-22(14-25)16-26(15-21,17-25)30-23(27)20(2)3/h21-22H,2,4-19H2,1,3H3. The summed E-state index contributed by atoms with van der Waals surface area (Å²) in [5, 5.41) is 0. The average Bonchev–Trinajstić information content (AvgIpc) is 2.64. The van der Waals surface area contributed by atoms with Gasteiger partial charge in [-0.2, -0.15) is 0 Å². The van der Waals surface area contributed by atoms with Gasteiger partial charge in [-0.05, 0) is 70.1 Å². The third-order valence-corrected chi connectivity index (χ3v) is 8.44. The first-order valence-electron chi connectivity index (χ1n) is 12.5. The molecule has 5 aliphatic rings. The molecule has 0 spiro atoms. The molecule has 0 radical (unpaired) electrons. The van der Waals surface area contributed by atoms with Gasteiger partial charge in [-0.15, -0.1) is 0 Å². The molecule has 4 bridgehead atoms. The SMILES string of the molecule is C=C(C)C(=O)OC12CC3CC(CC(OCCCCCCCC4(CC)COC4)(C3)C1)C2. The van der Waals surface area contributed by atoms with E-state index in [1.165, 1.54) is 44.9 Å². The number of ether oxygens (including phenoxy) is 3. The Morgan fingerprint density at radius 3 is 2.23 bits per heavy atom. The lowest BCUT2D eigenvalue weighted by Gasteiger charge is -2.60. The molecule has 5 rings (SSSR count). The van der Waals surface area contributed by atoms with Crippen molar-refractivity contribution in [1.82, 2.24) is 0 Å². The molecular weight excluding hydrogens is 376 g/mol. The zero-order chi connectivity index (χ0) is 21.2. The third kappa shape index (κ3) is 4.80. The fraction of sp³-hybridized carbons (Fsp3) is 0.885. The highest BCUT2D eigenvalue weighted by atomic mass is 16.6. The summed E-state index contributed by atoms with van der Waals surface area (Å²) in [5.41, 5.74) is 0.679. The number of hydrogen-bond acceptors (Lipinski definition) is 4. The highest BCUT2D eigenvalue weighted by Crippen LogP contribution is 2.60. The van der Waals surface area contributed by atoms with Gasteiger partial charge in [0.2, 0.25) is 0 Å². The fourth-order valence-corrected chi connectivity index (χ4v) is 7.01. The lowest BCUT2D eigenvalue weighted by Crippen LogP contribution is -2.61. The summed E-state index contributed by atoms with van der Waals surface area (Å²) < 4.78 is 18.0. The van der Waals surface area contributed by atoms with Crippen LogP contribution in [-0.4, -0.2) is 37.0 Å². The van der Waals surface area contributed by atoms with E-state index in [2.05, 4.69) is 13.5 Å². The molecule has 4 aliphatic carbocycles. The van der Waals surface area contributed by atoms with Crippen LogP contribution in [0, 0.1) is 17.3 Å². The lowest BCUT2D eigenvalue weighted by molar-refractivity contribution is -0.232. The van der Waals surface area contributed by atoms with Crippen LogP contribution in [0.5, 0.6) is 0 Å². The molecule has 0 aromatic heterocycles. The smallest absolute Gasteiger partial charge is 0.333 e. The molecule has 1 aliphatic heterocycles. The maximum Gasteiger partial charge on any atom is 0.333 e. The Balaban J connectivity index is 1.17. The van der Waals surface area contributed by atoms with E-state index in [4.69, 9.17) is 14.2 Å². The summed E-state index contributed by atoms with van der Waals surface area (Å²) in [6.45, 7) is 10.6. The number of esters is 1. The van der Waals surface area contributed by atoms with Crippen molar-refractivity contribution < 1.29 is 19.0 Å². The van der Waals surface area contributed by atoms with Crippen LogP contribution in [0.15, 0.2) is 12.2 Å². The van der Waals surface area contributed by atoms with Gasteiger partial charge in [0.15, 0.2) is 0 Å². The molecule has 1 heterocycles. The fourth-order valence-electron chi connectivity index (χ4n) is 7.01. The number of carbonyl (C=O) groups is 1. The molecule has 0 amide bonds. The summed E-state index contributed by atoms with van der Waals surface area (Å²) in [6.07, 6.45) is 15.5. The Bertz CT molecular complexity index is 615. The molecule has 170 valence electrons. The van der Waals surface area contributed by atoms with Crippen molar-refractivity contribution in [1.29, 1.82) is 0 Å². The Morgan fingerprint density at radius 2 is 1.63 bits per heavy atom. The Labute approximate surface area is 183 Å². The molecule has 1 saturated heterocycles. The van der Waals surface area contributed by atoms with Crippen molar-refractivity contribution in [3.05, 3.63) is 12.2 Å². The van der Waals surface area contributed by atoms with Crippen LogP contribution in [-0.2, 0) is 19.0 Å². The van der Waals surface area contributed by atoms with Gasteiger partial charge in [0.1, 0.15) is 5.60 Å². The summed E-state index contributed by atoms with van der Waals surface area (Å²) in [4.78, 5) is 12.3. The molecule has 2 unspecified atom stereocenters. The van der Waals surface area contributed by atoms with Gasteiger partial charge in [0.05, 0.1) is 18.8 Å². The van der Waals surface area contributed by atoms with Crippen molar-refractivity contribution in [2.24, 2.45) is 17.3 Å². The second-order valence-electron chi connectivity index (χ2n) is 11.2. The number of hydrogen-bond donors (Lipinski definition) is 0. The van der Waals surface area contributed by atoms with Gasteiger partial charge >= 0.3 is 5.97 Å². The second-order valence-corrected chi connectivity index (χ2v) is 11.2. The van der Waals surface area contributed by atoms with Crippen molar-refractivity contribution in [2.45, 2.75) is 109 Å². The van der Waals surface area contributed by atoms with E-state index in [0.717, 1.165) is 58.3 Å². The predicted molar refractivity (Wildman–Crippen MR) is 118 cm³/mol. The summed E-state index contributed by atoms with van der Waals surface area (Å²) in [6, 6.07) is 0.